The first-order valence-corrected chi connectivity index (χ1v) is 7.30. The van der Waals surface area contributed by atoms with Gasteiger partial charge < -0.3 is 15.7 Å². The molecule has 0 spiro atoms. The van der Waals surface area contributed by atoms with E-state index in [9.17, 15) is 9.59 Å². The van der Waals surface area contributed by atoms with Crippen molar-refractivity contribution in [1.29, 1.82) is 5.26 Å². The van der Waals surface area contributed by atoms with Crippen molar-refractivity contribution in [3.8, 4) is 6.07 Å². The van der Waals surface area contributed by atoms with Gasteiger partial charge in [0.05, 0.1) is 6.42 Å². The van der Waals surface area contributed by atoms with Crippen LogP contribution in [0.2, 0.25) is 0 Å². The van der Waals surface area contributed by atoms with Gasteiger partial charge in [0.25, 0.3) is 5.91 Å². The molecule has 0 saturated carbocycles. The number of nitrogens with one attached hydrogen (secondary N) is 2. The SMILES string of the molecule is CSc1cccc(N/C=C(/C#N)C(=O)NCCC(=O)O)c1. The quantitative estimate of drug-likeness (QED) is 0.403. The lowest BCUT2D eigenvalue weighted by Crippen LogP contribution is -2.27. The van der Waals surface area contributed by atoms with E-state index in [1.54, 1.807) is 17.8 Å². The van der Waals surface area contributed by atoms with Crippen molar-refractivity contribution in [3.63, 3.8) is 0 Å². The number of anilines is 1. The van der Waals surface area contributed by atoms with Gasteiger partial charge in [-0.2, -0.15) is 5.26 Å². The average Bonchev–Trinajstić information content (AvgIpc) is 2.47. The average molecular weight is 305 g/mol. The molecule has 110 valence electrons. The monoisotopic (exact) mass is 305 g/mol. The van der Waals surface area contributed by atoms with E-state index >= 15 is 0 Å². The summed E-state index contributed by atoms with van der Waals surface area (Å²) in [6.07, 6.45) is 3.06. The molecule has 7 heteroatoms. The van der Waals surface area contributed by atoms with Crippen LogP contribution in [0.25, 0.3) is 0 Å². The third-order valence-electron chi connectivity index (χ3n) is 2.44. The van der Waals surface area contributed by atoms with Gasteiger partial charge in [0.1, 0.15) is 11.6 Å². The van der Waals surface area contributed by atoms with Crippen LogP contribution in [0.1, 0.15) is 6.42 Å². The first-order chi connectivity index (χ1) is 10.1. The summed E-state index contributed by atoms with van der Waals surface area (Å²) in [7, 11) is 0. The molecule has 3 N–H and O–H groups in total. The molecule has 0 heterocycles. The van der Waals surface area contributed by atoms with Crippen LogP contribution in [0.5, 0.6) is 0 Å². The lowest BCUT2D eigenvalue weighted by Gasteiger charge is -2.05. The maximum Gasteiger partial charge on any atom is 0.305 e. The van der Waals surface area contributed by atoms with Gasteiger partial charge in [-0.15, -0.1) is 11.8 Å². The Morgan fingerprint density at radius 3 is 2.86 bits per heavy atom. The third kappa shape index (κ3) is 6.01. The van der Waals surface area contributed by atoms with Crippen LogP contribution in [-0.4, -0.2) is 29.8 Å². The summed E-state index contributed by atoms with van der Waals surface area (Å²) in [5.41, 5.74) is 0.642. The molecule has 1 rings (SSSR count). The van der Waals surface area contributed by atoms with Crippen LogP contribution in [0.15, 0.2) is 40.9 Å². The molecule has 0 bridgehead atoms. The zero-order chi connectivity index (χ0) is 15.7. The molecule has 0 radical (unpaired) electrons. The molecule has 0 saturated heterocycles. The van der Waals surface area contributed by atoms with E-state index in [1.165, 1.54) is 6.20 Å². The van der Waals surface area contributed by atoms with Gasteiger partial charge in [0.15, 0.2) is 0 Å². The minimum absolute atomic E-state index is 0.0187. The topological polar surface area (TPSA) is 102 Å². The number of thioether (sulfide) groups is 1. The van der Waals surface area contributed by atoms with Crippen molar-refractivity contribution in [2.75, 3.05) is 18.1 Å². The van der Waals surface area contributed by atoms with Gasteiger partial charge in [0, 0.05) is 23.3 Å². The van der Waals surface area contributed by atoms with Crippen LogP contribution in [-0.2, 0) is 9.59 Å². The molecule has 0 unspecified atom stereocenters. The third-order valence-corrected chi connectivity index (χ3v) is 3.17. The van der Waals surface area contributed by atoms with Gasteiger partial charge in [-0.1, -0.05) is 6.07 Å². The highest BCUT2D eigenvalue weighted by molar-refractivity contribution is 7.98. The summed E-state index contributed by atoms with van der Waals surface area (Å²) in [5.74, 6) is -1.61. The fraction of sp³-hybridized carbons (Fsp3) is 0.214. The van der Waals surface area contributed by atoms with E-state index in [1.807, 2.05) is 30.5 Å². The van der Waals surface area contributed by atoms with Crippen molar-refractivity contribution in [1.82, 2.24) is 5.32 Å². The Hall–Kier alpha value is -2.46. The zero-order valence-electron chi connectivity index (χ0n) is 11.4. The molecule has 0 aliphatic rings. The molecule has 1 amide bonds. The fourth-order valence-corrected chi connectivity index (χ4v) is 1.85. The van der Waals surface area contributed by atoms with Crippen LogP contribution < -0.4 is 10.6 Å². The van der Waals surface area contributed by atoms with Gasteiger partial charge in [0.2, 0.25) is 0 Å². The van der Waals surface area contributed by atoms with Crippen molar-refractivity contribution >= 4 is 29.3 Å². The van der Waals surface area contributed by atoms with Crippen molar-refractivity contribution < 1.29 is 14.7 Å². The van der Waals surface area contributed by atoms with E-state index < -0.39 is 11.9 Å². The number of rotatable bonds is 7. The van der Waals surface area contributed by atoms with E-state index in [2.05, 4.69) is 10.6 Å². The second kappa shape index (κ2) is 8.66. The number of amides is 1. The molecule has 0 atom stereocenters. The number of carbonyl (C=O) groups is 2. The van der Waals surface area contributed by atoms with Crippen LogP contribution in [0.3, 0.4) is 0 Å². The highest BCUT2D eigenvalue weighted by Crippen LogP contribution is 2.19. The Bertz CT molecular complexity index is 593. The molecular weight excluding hydrogens is 290 g/mol. The van der Waals surface area contributed by atoms with Crippen LogP contribution in [0, 0.1) is 11.3 Å². The molecule has 1 aromatic carbocycles. The lowest BCUT2D eigenvalue weighted by molar-refractivity contribution is -0.136. The Morgan fingerprint density at radius 2 is 2.24 bits per heavy atom. The van der Waals surface area contributed by atoms with Crippen LogP contribution >= 0.6 is 11.8 Å². The van der Waals surface area contributed by atoms with Crippen LogP contribution in [0.4, 0.5) is 5.69 Å². The Labute approximate surface area is 126 Å². The highest BCUT2D eigenvalue weighted by atomic mass is 32.2. The number of carboxylic acid groups (broad SMARTS) is 1. The normalized spacial score (nSPS) is 10.6. The number of carboxylic acids is 1. The van der Waals surface area contributed by atoms with Gasteiger partial charge in [-0.25, -0.2) is 0 Å². The molecule has 0 aromatic heterocycles. The predicted molar refractivity (Wildman–Crippen MR) is 80.8 cm³/mol. The number of benzene rings is 1. The molecule has 1 aromatic rings. The zero-order valence-corrected chi connectivity index (χ0v) is 12.2. The molecule has 0 aliphatic carbocycles. The fourth-order valence-electron chi connectivity index (χ4n) is 1.40. The molecule has 0 aliphatic heterocycles. The lowest BCUT2D eigenvalue weighted by atomic mass is 10.2. The summed E-state index contributed by atoms with van der Waals surface area (Å²) in [6, 6.07) is 9.28. The van der Waals surface area contributed by atoms with Gasteiger partial charge >= 0.3 is 5.97 Å². The smallest absolute Gasteiger partial charge is 0.305 e. The van der Waals surface area contributed by atoms with E-state index in [4.69, 9.17) is 10.4 Å². The standard InChI is InChI=1S/C14H15N3O3S/c1-21-12-4-2-3-11(7-12)17-9-10(8-15)14(20)16-6-5-13(18)19/h2-4,7,9,17H,5-6H2,1H3,(H,16,20)(H,18,19)/b10-9-. The molecule has 6 nitrogen and oxygen atoms in total. The summed E-state index contributed by atoms with van der Waals surface area (Å²) in [6.45, 7) is -0.0187. The Balaban J connectivity index is 2.64. The first-order valence-electron chi connectivity index (χ1n) is 6.07. The number of hydrogen-bond acceptors (Lipinski definition) is 5. The second-order valence-electron chi connectivity index (χ2n) is 3.95. The van der Waals surface area contributed by atoms with Crippen molar-refractivity contribution in [2.24, 2.45) is 0 Å². The van der Waals surface area contributed by atoms with Crippen molar-refractivity contribution in [2.45, 2.75) is 11.3 Å². The summed E-state index contributed by atoms with van der Waals surface area (Å²) < 4.78 is 0. The number of carbonyl (C=O) groups excluding carboxylic acids is 1. The maximum atomic E-state index is 11.7. The number of nitriles is 1. The summed E-state index contributed by atoms with van der Waals surface area (Å²) in [4.78, 5) is 23.1. The molecular formula is C14H15N3O3S. The summed E-state index contributed by atoms with van der Waals surface area (Å²) in [5, 5.41) is 22.7. The molecule has 0 fully saturated rings. The van der Waals surface area contributed by atoms with Crippen molar-refractivity contribution in [3.05, 3.63) is 36.0 Å². The predicted octanol–water partition coefficient (Wildman–Crippen LogP) is 1.82. The van der Waals surface area contributed by atoms with Gasteiger partial charge in [-0.05, 0) is 24.5 Å². The number of nitrogens with zero attached hydrogens (tertiary/aromatic N) is 1. The number of aliphatic carboxylic acids is 1. The first kappa shape index (κ1) is 16.6. The largest absolute Gasteiger partial charge is 0.481 e. The molecule has 21 heavy (non-hydrogen) atoms. The Morgan fingerprint density at radius 1 is 1.48 bits per heavy atom. The second-order valence-corrected chi connectivity index (χ2v) is 4.83. The van der Waals surface area contributed by atoms with E-state index in [0.29, 0.717) is 0 Å². The number of hydrogen-bond donors (Lipinski definition) is 3. The van der Waals surface area contributed by atoms with E-state index in [0.717, 1.165) is 10.6 Å². The highest BCUT2D eigenvalue weighted by Gasteiger charge is 2.08. The minimum Gasteiger partial charge on any atom is -0.481 e. The Kier molecular flexibility index (Phi) is 6.84. The minimum atomic E-state index is -1.01. The van der Waals surface area contributed by atoms with E-state index in [-0.39, 0.29) is 18.5 Å². The maximum absolute atomic E-state index is 11.7. The van der Waals surface area contributed by atoms with Gasteiger partial charge in [-0.3, -0.25) is 9.59 Å². The summed E-state index contributed by atoms with van der Waals surface area (Å²) >= 11 is 1.58.